The highest BCUT2D eigenvalue weighted by Gasteiger charge is 2.27. The Morgan fingerprint density at radius 3 is 2.52 bits per heavy atom. The molecule has 0 aliphatic heterocycles. The van der Waals surface area contributed by atoms with Crippen LogP contribution in [0, 0.1) is 6.92 Å². The number of nitrogens with zero attached hydrogens (tertiary/aromatic N) is 1. The fourth-order valence-corrected chi connectivity index (χ4v) is 3.22. The lowest BCUT2D eigenvalue weighted by atomic mass is 10.1. The first-order chi connectivity index (χ1) is 9.76. The van der Waals surface area contributed by atoms with E-state index in [2.05, 4.69) is 29.3 Å². The lowest BCUT2D eigenvalue weighted by Crippen LogP contribution is -2.52. The molecule has 0 spiro atoms. The summed E-state index contributed by atoms with van der Waals surface area (Å²) in [5.74, 6) is 0.0340. The van der Waals surface area contributed by atoms with Crippen molar-refractivity contribution in [1.29, 1.82) is 0 Å². The number of aliphatic hydroxyl groups excluding tert-OH is 1. The third-order valence-corrected chi connectivity index (χ3v) is 4.16. The summed E-state index contributed by atoms with van der Waals surface area (Å²) in [6.45, 7) is 11.3. The minimum absolute atomic E-state index is 0.0340. The van der Waals surface area contributed by atoms with E-state index in [9.17, 15) is 9.90 Å². The molecule has 2 N–H and O–H groups in total. The molecule has 0 unspecified atom stereocenters. The van der Waals surface area contributed by atoms with Crippen molar-refractivity contribution >= 4 is 17.2 Å². The predicted molar refractivity (Wildman–Crippen MR) is 88.5 cm³/mol. The van der Waals surface area contributed by atoms with E-state index in [1.54, 1.807) is 11.3 Å². The first-order valence-electron chi connectivity index (χ1n) is 7.49. The topological polar surface area (TPSA) is 52.6 Å². The van der Waals surface area contributed by atoms with Crippen molar-refractivity contribution in [3.63, 3.8) is 0 Å². The lowest BCUT2D eigenvalue weighted by molar-refractivity contribution is -0.128. The first kappa shape index (κ1) is 18.1. The van der Waals surface area contributed by atoms with E-state index >= 15 is 0 Å². The average Bonchev–Trinajstić information content (AvgIpc) is 2.73. The number of nitrogens with one attached hydrogen (secondary N) is 1. The molecular weight excluding hydrogens is 284 g/mol. The second-order valence-electron chi connectivity index (χ2n) is 6.37. The van der Waals surface area contributed by atoms with E-state index in [-0.39, 0.29) is 24.1 Å². The molecular formula is C16H28N2O2S. The molecule has 0 saturated heterocycles. The Morgan fingerprint density at radius 1 is 1.43 bits per heavy atom. The second kappa shape index (κ2) is 7.92. The van der Waals surface area contributed by atoms with E-state index in [0.29, 0.717) is 13.1 Å². The molecule has 1 rings (SSSR count). The average molecular weight is 312 g/mol. The largest absolute Gasteiger partial charge is 0.395 e. The van der Waals surface area contributed by atoms with Gasteiger partial charge in [-0.25, -0.2) is 0 Å². The van der Waals surface area contributed by atoms with Crippen LogP contribution in [0.15, 0.2) is 12.1 Å². The smallest absolute Gasteiger partial charge is 0.237 e. The number of carbonyl (C=O) groups excluding carboxylic acids is 1. The molecule has 0 radical (unpaired) electrons. The maximum atomic E-state index is 12.5. The number of aryl methyl sites for hydroxylation is 1. The van der Waals surface area contributed by atoms with Crippen LogP contribution in [0.3, 0.4) is 0 Å². The van der Waals surface area contributed by atoms with Gasteiger partial charge in [-0.3, -0.25) is 9.69 Å². The molecule has 1 aromatic heterocycles. The van der Waals surface area contributed by atoms with Crippen LogP contribution in [0.5, 0.6) is 0 Å². The SMILES string of the molecule is CC[C@@H](C(=O)NC(C)(C)C)N(CCO)Cc1ccc(C)s1. The third-order valence-electron chi connectivity index (χ3n) is 3.17. The van der Waals surface area contributed by atoms with Crippen molar-refractivity contribution in [3.8, 4) is 0 Å². The summed E-state index contributed by atoms with van der Waals surface area (Å²) >= 11 is 1.74. The van der Waals surface area contributed by atoms with Crippen molar-refractivity contribution in [2.45, 2.75) is 59.2 Å². The summed E-state index contributed by atoms with van der Waals surface area (Å²) in [7, 11) is 0. The molecule has 1 aromatic rings. The van der Waals surface area contributed by atoms with Crippen LogP contribution < -0.4 is 5.32 Å². The van der Waals surface area contributed by atoms with Gasteiger partial charge in [-0.05, 0) is 46.2 Å². The Bertz CT molecular complexity index is 451. The van der Waals surface area contributed by atoms with Gasteiger partial charge in [0.2, 0.25) is 5.91 Å². The van der Waals surface area contributed by atoms with Gasteiger partial charge in [-0.15, -0.1) is 11.3 Å². The van der Waals surface area contributed by atoms with E-state index < -0.39 is 0 Å². The van der Waals surface area contributed by atoms with Crippen LogP contribution in [0.2, 0.25) is 0 Å². The summed E-state index contributed by atoms with van der Waals surface area (Å²) in [5.41, 5.74) is -0.241. The Morgan fingerprint density at radius 2 is 2.10 bits per heavy atom. The summed E-state index contributed by atoms with van der Waals surface area (Å²) < 4.78 is 0. The van der Waals surface area contributed by atoms with Crippen molar-refractivity contribution in [1.82, 2.24) is 10.2 Å². The van der Waals surface area contributed by atoms with Gasteiger partial charge >= 0.3 is 0 Å². The van der Waals surface area contributed by atoms with Gasteiger partial charge < -0.3 is 10.4 Å². The summed E-state index contributed by atoms with van der Waals surface area (Å²) in [5, 5.41) is 12.3. The Balaban J connectivity index is 2.81. The van der Waals surface area contributed by atoms with Gasteiger partial charge in [0.05, 0.1) is 12.6 Å². The van der Waals surface area contributed by atoms with E-state index in [1.165, 1.54) is 9.75 Å². The quantitative estimate of drug-likeness (QED) is 0.813. The number of hydrogen-bond donors (Lipinski definition) is 2. The van der Waals surface area contributed by atoms with Crippen LogP contribution in [0.25, 0.3) is 0 Å². The molecule has 21 heavy (non-hydrogen) atoms. The summed E-state index contributed by atoms with van der Waals surface area (Å²) in [4.78, 5) is 17.0. The minimum atomic E-state index is -0.241. The second-order valence-corrected chi connectivity index (χ2v) is 7.74. The van der Waals surface area contributed by atoms with Gasteiger partial charge in [-0.1, -0.05) is 6.92 Å². The molecule has 4 nitrogen and oxygen atoms in total. The van der Waals surface area contributed by atoms with Crippen LogP contribution in [-0.2, 0) is 11.3 Å². The number of amides is 1. The zero-order valence-electron chi connectivity index (χ0n) is 13.8. The summed E-state index contributed by atoms with van der Waals surface area (Å²) in [6.07, 6.45) is 0.728. The molecule has 0 bridgehead atoms. The van der Waals surface area contributed by atoms with Gasteiger partial charge in [0.15, 0.2) is 0 Å². The molecule has 0 aliphatic carbocycles. The molecule has 120 valence electrons. The maximum absolute atomic E-state index is 12.5. The fourth-order valence-electron chi connectivity index (χ4n) is 2.31. The fraction of sp³-hybridized carbons (Fsp3) is 0.688. The molecule has 1 heterocycles. The van der Waals surface area contributed by atoms with Crippen LogP contribution in [0.1, 0.15) is 43.9 Å². The van der Waals surface area contributed by atoms with E-state index in [0.717, 1.165) is 6.42 Å². The molecule has 1 amide bonds. The van der Waals surface area contributed by atoms with Gasteiger partial charge in [0.1, 0.15) is 0 Å². The Hall–Kier alpha value is -0.910. The molecule has 1 atom stereocenters. The highest BCUT2D eigenvalue weighted by molar-refractivity contribution is 7.11. The number of rotatable bonds is 7. The zero-order chi connectivity index (χ0) is 16.0. The highest BCUT2D eigenvalue weighted by Crippen LogP contribution is 2.19. The molecule has 0 saturated carbocycles. The normalized spacial score (nSPS) is 13.5. The van der Waals surface area contributed by atoms with E-state index in [1.807, 2.05) is 27.7 Å². The number of hydrogen-bond acceptors (Lipinski definition) is 4. The first-order valence-corrected chi connectivity index (χ1v) is 8.30. The summed E-state index contributed by atoms with van der Waals surface area (Å²) in [6, 6.07) is 3.98. The van der Waals surface area contributed by atoms with Gasteiger partial charge in [0, 0.05) is 28.4 Å². The standard InChI is InChI=1S/C16H28N2O2S/c1-6-14(15(20)17-16(3,4)5)18(9-10-19)11-13-8-7-12(2)21-13/h7-8,14,19H,6,9-11H2,1-5H3,(H,17,20)/t14-/m0/s1. The third kappa shape index (κ3) is 6.16. The Kier molecular flexibility index (Phi) is 6.84. The molecule has 0 aromatic carbocycles. The van der Waals surface area contributed by atoms with Crippen LogP contribution in [-0.4, -0.2) is 40.6 Å². The van der Waals surface area contributed by atoms with Crippen LogP contribution >= 0.6 is 11.3 Å². The van der Waals surface area contributed by atoms with Gasteiger partial charge in [-0.2, -0.15) is 0 Å². The van der Waals surface area contributed by atoms with Crippen molar-refractivity contribution in [3.05, 3.63) is 21.9 Å². The van der Waals surface area contributed by atoms with Gasteiger partial charge in [0.25, 0.3) is 0 Å². The highest BCUT2D eigenvalue weighted by atomic mass is 32.1. The van der Waals surface area contributed by atoms with Crippen molar-refractivity contribution in [2.75, 3.05) is 13.2 Å². The predicted octanol–water partition coefficient (Wildman–Crippen LogP) is 2.54. The van der Waals surface area contributed by atoms with E-state index in [4.69, 9.17) is 0 Å². The van der Waals surface area contributed by atoms with Crippen molar-refractivity contribution < 1.29 is 9.90 Å². The minimum Gasteiger partial charge on any atom is -0.395 e. The zero-order valence-corrected chi connectivity index (χ0v) is 14.6. The monoisotopic (exact) mass is 312 g/mol. The number of thiophene rings is 1. The van der Waals surface area contributed by atoms with Crippen LogP contribution in [0.4, 0.5) is 0 Å². The molecule has 5 heteroatoms. The number of carbonyl (C=O) groups is 1. The Labute approximate surface area is 132 Å². The number of aliphatic hydroxyl groups is 1. The lowest BCUT2D eigenvalue weighted by Gasteiger charge is -2.32. The molecule has 0 fully saturated rings. The maximum Gasteiger partial charge on any atom is 0.237 e. The van der Waals surface area contributed by atoms with Crippen molar-refractivity contribution in [2.24, 2.45) is 0 Å². The molecule has 0 aliphatic rings.